The van der Waals surface area contributed by atoms with E-state index in [0.29, 0.717) is 40.6 Å². The van der Waals surface area contributed by atoms with Gasteiger partial charge < -0.3 is 25.4 Å². The molecule has 0 aliphatic carbocycles. The number of carbonyl (C=O) groups excluding carboxylic acids is 3. The molecule has 9 heteroatoms. The number of benzene rings is 5. The van der Waals surface area contributed by atoms with E-state index >= 15 is 0 Å². The minimum absolute atomic E-state index is 0.0596. The van der Waals surface area contributed by atoms with Crippen LogP contribution < -0.4 is 25.4 Å². The van der Waals surface area contributed by atoms with Gasteiger partial charge in [0.25, 0.3) is 11.8 Å². The van der Waals surface area contributed by atoms with Crippen LogP contribution in [0.3, 0.4) is 0 Å². The lowest BCUT2D eigenvalue weighted by atomic mass is 10.1. The molecule has 5 aromatic rings. The third-order valence-corrected chi connectivity index (χ3v) is 8.33. The second kappa shape index (κ2) is 16.7. The molecule has 0 spiro atoms. The Bertz CT molecular complexity index is 1880. The number of hydrogen-bond donors (Lipinski definition) is 3. The lowest BCUT2D eigenvalue weighted by Gasteiger charge is -2.19. The Morgan fingerprint density at radius 2 is 1.46 bits per heavy atom. The van der Waals surface area contributed by atoms with E-state index in [1.54, 1.807) is 79.9 Å². The zero-order valence-electron chi connectivity index (χ0n) is 26.5. The first-order valence-electron chi connectivity index (χ1n) is 15.3. The van der Waals surface area contributed by atoms with Gasteiger partial charge in [-0.05, 0) is 78.7 Å². The third-order valence-electron chi connectivity index (χ3n) is 7.08. The molecule has 0 bridgehead atoms. The highest BCUT2D eigenvalue weighted by molar-refractivity contribution is 8.00. The molecule has 0 saturated carbocycles. The van der Waals surface area contributed by atoms with Crippen LogP contribution in [0.5, 0.6) is 11.5 Å². The predicted octanol–water partition coefficient (Wildman–Crippen LogP) is 7.98. The van der Waals surface area contributed by atoms with Crippen LogP contribution in [-0.4, -0.2) is 31.4 Å². The van der Waals surface area contributed by atoms with Gasteiger partial charge in [0.1, 0.15) is 22.4 Å². The lowest BCUT2D eigenvalue weighted by molar-refractivity contribution is -0.116. The van der Waals surface area contributed by atoms with Crippen molar-refractivity contribution in [2.75, 3.05) is 24.4 Å². The molecular weight excluding hydrogens is 623 g/mol. The standard InChI is InChI=1S/C39H35N3O5S/c1-3-47-31-23-21-27(22-24-31)25-34(42-37(43)29-15-8-5-9-16-29)38(44)40-30-17-12-18-32(26-30)48-36(28-13-6-4-7-14-28)39(45)41-33-19-10-11-20-35(33)46-2/h4-26,36H,3H2,1-2H3,(H,40,44)(H,41,45)(H,42,43)/b34-25+. The van der Waals surface area contributed by atoms with Gasteiger partial charge in [-0.3, -0.25) is 14.4 Å². The Labute approximate surface area is 284 Å². The second-order valence-corrected chi connectivity index (χ2v) is 11.6. The van der Waals surface area contributed by atoms with Crippen molar-refractivity contribution in [1.29, 1.82) is 0 Å². The molecule has 5 rings (SSSR count). The fourth-order valence-corrected chi connectivity index (χ4v) is 5.85. The van der Waals surface area contributed by atoms with Crippen LogP contribution >= 0.6 is 11.8 Å². The van der Waals surface area contributed by atoms with Crippen LogP contribution in [-0.2, 0) is 9.59 Å². The Morgan fingerprint density at radius 3 is 2.17 bits per heavy atom. The number of para-hydroxylation sites is 2. The summed E-state index contributed by atoms with van der Waals surface area (Å²) in [5.74, 6) is 0.103. The number of nitrogens with one attached hydrogen (secondary N) is 3. The summed E-state index contributed by atoms with van der Waals surface area (Å²) in [6, 6.07) is 39.8. The molecule has 1 atom stereocenters. The average molecular weight is 658 g/mol. The SMILES string of the molecule is CCOc1ccc(/C=C(/NC(=O)c2ccccc2)C(=O)Nc2cccc(SC(C(=O)Nc3ccccc3OC)c3ccccc3)c2)cc1. The molecule has 0 radical (unpaired) electrons. The van der Waals surface area contributed by atoms with E-state index in [9.17, 15) is 14.4 Å². The molecule has 1 unspecified atom stereocenters. The first-order chi connectivity index (χ1) is 23.4. The van der Waals surface area contributed by atoms with Gasteiger partial charge in [-0.2, -0.15) is 0 Å². The Balaban J connectivity index is 1.38. The molecule has 0 aliphatic heterocycles. The summed E-state index contributed by atoms with van der Waals surface area (Å²) < 4.78 is 11.0. The highest BCUT2D eigenvalue weighted by atomic mass is 32.2. The number of thioether (sulfide) groups is 1. The average Bonchev–Trinajstić information content (AvgIpc) is 3.12. The summed E-state index contributed by atoms with van der Waals surface area (Å²) in [6.07, 6.45) is 1.61. The van der Waals surface area contributed by atoms with Crippen LogP contribution in [0, 0.1) is 0 Å². The molecule has 5 aromatic carbocycles. The van der Waals surface area contributed by atoms with Crippen molar-refractivity contribution in [1.82, 2.24) is 5.32 Å². The molecule has 8 nitrogen and oxygen atoms in total. The van der Waals surface area contributed by atoms with Crippen LogP contribution in [0.1, 0.15) is 33.7 Å². The Morgan fingerprint density at radius 1 is 0.771 bits per heavy atom. The smallest absolute Gasteiger partial charge is 0.272 e. The van der Waals surface area contributed by atoms with E-state index in [-0.39, 0.29) is 11.6 Å². The highest BCUT2D eigenvalue weighted by Crippen LogP contribution is 2.38. The van der Waals surface area contributed by atoms with E-state index in [1.807, 2.05) is 73.7 Å². The monoisotopic (exact) mass is 657 g/mol. The number of ether oxygens (including phenoxy) is 2. The maximum Gasteiger partial charge on any atom is 0.272 e. The summed E-state index contributed by atoms with van der Waals surface area (Å²) in [7, 11) is 1.56. The fourth-order valence-electron chi connectivity index (χ4n) is 4.76. The normalized spacial score (nSPS) is 11.6. The minimum Gasteiger partial charge on any atom is -0.495 e. The molecule has 0 saturated heterocycles. The summed E-state index contributed by atoms with van der Waals surface area (Å²) in [5, 5.41) is 8.07. The predicted molar refractivity (Wildman–Crippen MR) is 191 cm³/mol. The van der Waals surface area contributed by atoms with Gasteiger partial charge in [0.2, 0.25) is 5.91 Å². The summed E-state index contributed by atoms with van der Waals surface area (Å²) in [6.45, 7) is 2.44. The molecule has 0 fully saturated rings. The molecule has 0 aromatic heterocycles. The van der Waals surface area contributed by atoms with E-state index in [0.717, 1.165) is 10.5 Å². The maximum atomic E-state index is 13.7. The van der Waals surface area contributed by atoms with Gasteiger partial charge in [-0.25, -0.2) is 0 Å². The van der Waals surface area contributed by atoms with Gasteiger partial charge >= 0.3 is 0 Å². The molecule has 242 valence electrons. The minimum atomic E-state index is -0.609. The maximum absolute atomic E-state index is 13.7. The molecule has 0 heterocycles. The molecule has 3 N–H and O–H groups in total. The van der Waals surface area contributed by atoms with Crippen LogP contribution in [0.25, 0.3) is 6.08 Å². The van der Waals surface area contributed by atoms with Crippen molar-refractivity contribution in [3.63, 3.8) is 0 Å². The number of methoxy groups -OCH3 is 1. The molecule has 0 aliphatic rings. The van der Waals surface area contributed by atoms with Gasteiger partial charge in [-0.1, -0.05) is 78.9 Å². The molecular formula is C39H35N3O5S. The van der Waals surface area contributed by atoms with Gasteiger partial charge in [0.05, 0.1) is 19.4 Å². The zero-order chi connectivity index (χ0) is 33.7. The molecule has 48 heavy (non-hydrogen) atoms. The van der Waals surface area contributed by atoms with Crippen molar-refractivity contribution in [3.8, 4) is 11.5 Å². The quantitative estimate of drug-likeness (QED) is 0.0876. The van der Waals surface area contributed by atoms with Crippen molar-refractivity contribution >= 4 is 46.9 Å². The van der Waals surface area contributed by atoms with Gasteiger partial charge in [0, 0.05) is 16.1 Å². The number of carbonyl (C=O) groups is 3. The second-order valence-electron chi connectivity index (χ2n) is 10.5. The summed E-state index contributed by atoms with van der Waals surface area (Å²) in [4.78, 5) is 41.2. The first kappa shape index (κ1) is 33.6. The largest absolute Gasteiger partial charge is 0.495 e. The topological polar surface area (TPSA) is 106 Å². The van der Waals surface area contributed by atoms with Crippen molar-refractivity contribution in [3.05, 3.63) is 156 Å². The first-order valence-corrected chi connectivity index (χ1v) is 16.2. The van der Waals surface area contributed by atoms with Crippen LogP contribution in [0.4, 0.5) is 11.4 Å². The van der Waals surface area contributed by atoms with E-state index < -0.39 is 17.1 Å². The Hall–Kier alpha value is -5.80. The van der Waals surface area contributed by atoms with Crippen molar-refractivity contribution in [2.45, 2.75) is 17.1 Å². The number of hydrogen-bond acceptors (Lipinski definition) is 6. The van der Waals surface area contributed by atoms with E-state index in [2.05, 4.69) is 16.0 Å². The Kier molecular flexibility index (Phi) is 11.7. The van der Waals surface area contributed by atoms with Crippen LogP contribution in [0.15, 0.2) is 144 Å². The lowest BCUT2D eigenvalue weighted by Crippen LogP contribution is -2.30. The van der Waals surface area contributed by atoms with Gasteiger partial charge in [0.15, 0.2) is 0 Å². The van der Waals surface area contributed by atoms with Gasteiger partial charge in [-0.15, -0.1) is 11.8 Å². The zero-order valence-corrected chi connectivity index (χ0v) is 27.3. The van der Waals surface area contributed by atoms with E-state index in [1.165, 1.54) is 11.8 Å². The summed E-state index contributed by atoms with van der Waals surface area (Å²) in [5.41, 5.74) is 3.05. The summed E-state index contributed by atoms with van der Waals surface area (Å²) >= 11 is 1.35. The van der Waals surface area contributed by atoms with Crippen LogP contribution in [0.2, 0.25) is 0 Å². The number of anilines is 2. The number of amides is 3. The van der Waals surface area contributed by atoms with Crippen molar-refractivity contribution in [2.24, 2.45) is 0 Å². The highest BCUT2D eigenvalue weighted by Gasteiger charge is 2.24. The fraction of sp³-hybridized carbons (Fsp3) is 0.103. The molecule has 3 amide bonds. The number of rotatable bonds is 13. The van der Waals surface area contributed by atoms with Crippen molar-refractivity contribution < 1.29 is 23.9 Å². The van der Waals surface area contributed by atoms with E-state index in [4.69, 9.17) is 9.47 Å². The third kappa shape index (κ3) is 9.14.